The van der Waals surface area contributed by atoms with Gasteiger partial charge < -0.3 is 14.7 Å². The van der Waals surface area contributed by atoms with Gasteiger partial charge in [-0.25, -0.2) is 4.79 Å². The van der Waals surface area contributed by atoms with Gasteiger partial charge in [-0.3, -0.25) is 5.32 Å². The first-order chi connectivity index (χ1) is 9.56. The molecule has 0 aromatic heterocycles. The number of likely N-dealkylation sites (N-methyl/N-ethyl adjacent to an activating group) is 2. The Hall–Kier alpha value is -1.43. The maximum atomic E-state index is 11.9. The molecule has 5 nitrogen and oxygen atoms in total. The lowest BCUT2D eigenvalue weighted by molar-refractivity contribution is -0.146. The maximum absolute atomic E-state index is 11.9. The molecule has 0 aliphatic heterocycles. The summed E-state index contributed by atoms with van der Waals surface area (Å²) in [7, 11) is 3.54. The van der Waals surface area contributed by atoms with Crippen LogP contribution in [-0.2, 0) is 15.1 Å². The number of carbonyl (C=O) groups is 1. The SMILES string of the molecule is CCNC(CN(C)CCOC)(C(=O)O)c1ccccc1. The van der Waals surface area contributed by atoms with E-state index in [9.17, 15) is 9.90 Å². The first kappa shape index (κ1) is 16.6. The molecule has 1 aromatic carbocycles. The summed E-state index contributed by atoms with van der Waals surface area (Å²) >= 11 is 0. The van der Waals surface area contributed by atoms with Gasteiger partial charge in [-0.1, -0.05) is 37.3 Å². The highest BCUT2D eigenvalue weighted by atomic mass is 16.5. The fourth-order valence-corrected chi connectivity index (χ4v) is 2.27. The smallest absolute Gasteiger partial charge is 0.329 e. The monoisotopic (exact) mass is 280 g/mol. The van der Waals surface area contributed by atoms with Gasteiger partial charge in [-0.2, -0.15) is 0 Å². The fourth-order valence-electron chi connectivity index (χ4n) is 2.27. The standard InChI is InChI=1S/C15H24N2O3/c1-4-16-15(14(18)19,12-17(2)10-11-20-3)13-8-6-5-7-9-13/h5-9,16H,4,10-12H2,1-3H3,(H,18,19). The van der Waals surface area contributed by atoms with Crippen molar-refractivity contribution in [3.8, 4) is 0 Å². The number of nitrogens with zero attached hydrogens (tertiary/aromatic N) is 1. The van der Waals surface area contributed by atoms with E-state index in [0.717, 1.165) is 5.56 Å². The Morgan fingerprint density at radius 2 is 2.05 bits per heavy atom. The van der Waals surface area contributed by atoms with Crippen LogP contribution in [0.5, 0.6) is 0 Å². The summed E-state index contributed by atoms with van der Waals surface area (Å²) in [6, 6.07) is 9.30. The number of carboxylic acid groups (broad SMARTS) is 1. The number of aliphatic carboxylic acids is 1. The number of carboxylic acids is 1. The normalized spacial score (nSPS) is 14.2. The van der Waals surface area contributed by atoms with Crippen molar-refractivity contribution >= 4 is 5.97 Å². The van der Waals surface area contributed by atoms with Gasteiger partial charge in [0, 0.05) is 20.2 Å². The predicted molar refractivity (Wildman–Crippen MR) is 78.8 cm³/mol. The van der Waals surface area contributed by atoms with Gasteiger partial charge in [-0.15, -0.1) is 0 Å². The Kier molecular flexibility index (Phi) is 6.64. The van der Waals surface area contributed by atoms with Crippen LogP contribution in [0.1, 0.15) is 12.5 Å². The predicted octanol–water partition coefficient (Wildman–Crippen LogP) is 1.15. The van der Waals surface area contributed by atoms with E-state index in [4.69, 9.17) is 4.74 Å². The topological polar surface area (TPSA) is 61.8 Å². The van der Waals surface area contributed by atoms with E-state index in [-0.39, 0.29) is 0 Å². The van der Waals surface area contributed by atoms with E-state index < -0.39 is 11.5 Å². The van der Waals surface area contributed by atoms with E-state index in [2.05, 4.69) is 5.32 Å². The van der Waals surface area contributed by atoms with Crippen LogP contribution in [0.3, 0.4) is 0 Å². The summed E-state index contributed by atoms with van der Waals surface area (Å²) in [4.78, 5) is 13.9. The molecule has 1 rings (SSSR count). The summed E-state index contributed by atoms with van der Waals surface area (Å²) in [6.45, 7) is 4.13. The number of ether oxygens (including phenoxy) is 1. The quantitative estimate of drug-likeness (QED) is 0.710. The summed E-state index contributed by atoms with van der Waals surface area (Å²) < 4.78 is 5.04. The Morgan fingerprint density at radius 1 is 1.40 bits per heavy atom. The van der Waals surface area contributed by atoms with Crippen molar-refractivity contribution in [1.82, 2.24) is 10.2 Å². The number of benzene rings is 1. The van der Waals surface area contributed by atoms with Crippen LogP contribution in [0.2, 0.25) is 0 Å². The summed E-state index contributed by atoms with van der Waals surface area (Å²) in [5.41, 5.74) is -0.336. The van der Waals surface area contributed by atoms with Crippen molar-refractivity contribution in [2.24, 2.45) is 0 Å². The molecule has 0 saturated carbocycles. The molecule has 0 radical (unpaired) electrons. The first-order valence-corrected chi connectivity index (χ1v) is 6.78. The minimum Gasteiger partial charge on any atom is -0.480 e. The molecule has 0 saturated heterocycles. The number of rotatable bonds is 9. The van der Waals surface area contributed by atoms with Gasteiger partial charge in [0.15, 0.2) is 5.54 Å². The van der Waals surface area contributed by atoms with Gasteiger partial charge in [0.05, 0.1) is 6.61 Å². The zero-order chi connectivity index (χ0) is 15.0. The fraction of sp³-hybridized carbons (Fsp3) is 0.533. The Balaban J connectivity index is 3.03. The van der Waals surface area contributed by atoms with E-state index in [1.165, 1.54) is 0 Å². The van der Waals surface area contributed by atoms with Gasteiger partial charge in [0.25, 0.3) is 0 Å². The third-order valence-corrected chi connectivity index (χ3v) is 3.29. The molecule has 0 spiro atoms. The molecule has 1 unspecified atom stereocenters. The summed E-state index contributed by atoms with van der Waals surface area (Å²) in [5, 5.41) is 12.9. The molecule has 0 bridgehead atoms. The largest absolute Gasteiger partial charge is 0.480 e. The van der Waals surface area contributed by atoms with Crippen molar-refractivity contribution < 1.29 is 14.6 Å². The van der Waals surface area contributed by atoms with Crippen molar-refractivity contribution in [2.45, 2.75) is 12.5 Å². The van der Waals surface area contributed by atoms with E-state index in [0.29, 0.717) is 26.2 Å². The Morgan fingerprint density at radius 3 is 2.55 bits per heavy atom. The first-order valence-electron chi connectivity index (χ1n) is 6.78. The molecule has 5 heteroatoms. The van der Waals surface area contributed by atoms with Crippen LogP contribution in [0.4, 0.5) is 0 Å². The number of nitrogens with one attached hydrogen (secondary N) is 1. The zero-order valence-corrected chi connectivity index (χ0v) is 12.4. The average molecular weight is 280 g/mol. The Labute approximate surface area is 120 Å². The minimum absolute atomic E-state index is 0.379. The zero-order valence-electron chi connectivity index (χ0n) is 12.4. The second-order valence-electron chi connectivity index (χ2n) is 4.84. The van der Waals surface area contributed by atoms with Gasteiger partial charge in [-0.05, 0) is 19.2 Å². The number of methoxy groups -OCH3 is 1. The third kappa shape index (κ3) is 4.03. The molecule has 0 amide bonds. The van der Waals surface area contributed by atoms with Gasteiger partial charge in [0.2, 0.25) is 0 Å². The molecule has 20 heavy (non-hydrogen) atoms. The summed E-state index contributed by atoms with van der Waals surface area (Å²) in [6.07, 6.45) is 0. The van der Waals surface area contributed by atoms with Crippen molar-refractivity contribution in [3.05, 3.63) is 35.9 Å². The van der Waals surface area contributed by atoms with Crippen molar-refractivity contribution in [3.63, 3.8) is 0 Å². The van der Waals surface area contributed by atoms with E-state index in [1.807, 2.05) is 49.2 Å². The Bertz CT molecular complexity index is 411. The molecular weight excluding hydrogens is 256 g/mol. The molecular formula is C15H24N2O3. The number of hydrogen-bond donors (Lipinski definition) is 2. The highest BCUT2D eigenvalue weighted by molar-refractivity contribution is 5.81. The van der Waals surface area contributed by atoms with Crippen LogP contribution >= 0.6 is 0 Å². The molecule has 0 heterocycles. The lowest BCUT2D eigenvalue weighted by Gasteiger charge is -2.34. The molecule has 1 aromatic rings. The van der Waals surface area contributed by atoms with Crippen LogP contribution in [0.25, 0.3) is 0 Å². The third-order valence-electron chi connectivity index (χ3n) is 3.29. The lowest BCUT2D eigenvalue weighted by Crippen LogP contribution is -2.56. The number of hydrogen-bond acceptors (Lipinski definition) is 4. The molecule has 1 atom stereocenters. The van der Waals surface area contributed by atoms with E-state index in [1.54, 1.807) is 7.11 Å². The lowest BCUT2D eigenvalue weighted by atomic mass is 9.89. The van der Waals surface area contributed by atoms with Crippen molar-refractivity contribution in [1.29, 1.82) is 0 Å². The minimum atomic E-state index is -1.10. The van der Waals surface area contributed by atoms with Crippen molar-refractivity contribution in [2.75, 3.05) is 40.4 Å². The van der Waals surface area contributed by atoms with Gasteiger partial charge in [0.1, 0.15) is 0 Å². The highest BCUT2D eigenvalue weighted by Gasteiger charge is 2.40. The van der Waals surface area contributed by atoms with Crippen LogP contribution in [0, 0.1) is 0 Å². The second-order valence-corrected chi connectivity index (χ2v) is 4.84. The van der Waals surface area contributed by atoms with Crippen LogP contribution in [-0.4, -0.2) is 56.4 Å². The van der Waals surface area contributed by atoms with Crippen LogP contribution < -0.4 is 5.32 Å². The van der Waals surface area contributed by atoms with Gasteiger partial charge >= 0.3 is 5.97 Å². The molecule has 0 fully saturated rings. The van der Waals surface area contributed by atoms with Crippen LogP contribution in [0.15, 0.2) is 30.3 Å². The second kappa shape index (κ2) is 7.99. The molecule has 112 valence electrons. The average Bonchev–Trinajstić information content (AvgIpc) is 2.45. The van der Waals surface area contributed by atoms with E-state index >= 15 is 0 Å². The summed E-state index contributed by atoms with van der Waals surface area (Å²) in [5.74, 6) is -0.866. The molecule has 0 aliphatic rings. The molecule has 2 N–H and O–H groups in total. The highest BCUT2D eigenvalue weighted by Crippen LogP contribution is 2.22. The maximum Gasteiger partial charge on any atom is 0.329 e. The molecule has 0 aliphatic carbocycles.